The molecule has 0 radical (unpaired) electrons. The Morgan fingerprint density at radius 3 is 2.71 bits per heavy atom. The molecule has 1 amide bonds. The van der Waals surface area contributed by atoms with Crippen LogP contribution >= 0.6 is 11.3 Å². The molecule has 94 valence electrons. The van der Waals surface area contributed by atoms with Crippen molar-refractivity contribution in [3.63, 3.8) is 0 Å². The summed E-state index contributed by atoms with van der Waals surface area (Å²) in [6, 6.07) is 3.29. The van der Waals surface area contributed by atoms with Gasteiger partial charge in [0.2, 0.25) is 5.91 Å². The van der Waals surface area contributed by atoms with Gasteiger partial charge >= 0.3 is 5.97 Å². The van der Waals surface area contributed by atoms with Gasteiger partial charge in [0, 0.05) is 10.8 Å². The topological polar surface area (TPSA) is 66.4 Å². The minimum atomic E-state index is -0.924. The molecule has 1 aromatic rings. The highest BCUT2D eigenvalue weighted by atomic mass is 32.1. The highest BCUT2D eigenvalue weighted by molar-refractivity contribution is 7.13. The van der Waals surface area contributed by atoms with Crippen molar-refractivity contribution >= 4 is 23.2 Å². The summed E-state index contributed by atoms with van der Waals surface area (Å²) in [5.74, 6) is -0.886. The first-order chi connectivity index (χ1) is 8.04. The normalized spacial score (nSPS) is 12.1. The van der Waals surface area contributed by atoms with Crippen LogP contribution in [0.3, 0.4) is 0 Å². The van der Waals surface area contributed by atoms with Crippen molar-refractivity contribution in [1.29, 1.82) is 0 Å². The molecule has 4 nitrogen and oxygen atoms in total. The lowest BCUT2D eigenvalue weighted by Crippen LogP contribution is -2.28. The van der Waals surface area contributed by atoms with Crippen LogP contribution in [-0.2, 0) is 11.3 Å². The Bertz CT molecular complexity index is 400. The molecule has 1 heterocycles. The van der Waals surface area contributed by atoms with E-state index in [9.17, 15) is 9.59 Å². The number of rotatable bonds is 6. The quantitative estimate of drug-likeness (QED) is 0.820. The second-order valence-electron chi connectivity index (χ2n) is 3.98. The molecule has 5 heteroatoms. The lowest BCUT2D eigenvalue weighted by Gasteiger charge is -2.09. The van der Waals surface area contributed by atoms with Crippen LogP contribution in [0.5, 0.6) is 0 Å². The van der Waals surface area contributed by atoms with Crippen LogP contribution < -0.4 is 5.32 Å². The van der Waals surface area contributed by atoms with Crippen molar-refractivity contribution in [3.8, 4) is 0 Å². The van der Waals surface area contributed by atoms with E-state index in [4.69, 9.17) is 5.11 Å². The monoisotopic (exact) mass is 255 g/mol. The zero-order chi connectivity index (χ0) is 12.8. The van der Waals surface area contributed by atoms with Crippen LogP contribution in [0, 0.1) is 5.92 Å². The van der Waals surface area contributed by atoms with Gasteiger partial charge in [0.25, 0.3) is 0 Å². The van der Waals surface area contributed by atoms with Gasteiger partial charge in [-0.25, -0.2) is 4.79 Å². The summed E-state index contributed by atoms with van der Waals surface area (Å²) < 4.78 is 0. The Labute approximate surface area is 105 Å². The molecular formula is C12H17NO3S. The summed E-state index contributed by atoms with van der Waals surface area (Å²) in [5, 5.41) is 11.6. The van der Waals surface area contributed by atoms with Gasteiger partial charge in [-0.05, 0) is 18.6 Å². The third kappa shape index (κ3) is 4.19. The van der Waals surface area contributed by atoms with Crippen molar-refractivity contribution in [1.82, 2.24) is 5.32 Å². The van der Waals surface area contributed by atoms with Crippen molar-refractivity contribution in [2.45, 2.75) is 33.2 Å². The van der Waals surface area contributed by atoms with Gasteiger partial charge in [-0.15, -0.1) is 11.3 Å². The smallest absolute Gasteiger partial charge is 0.345 e. The average molecular weight is 255 g/mol. The zero-order valence-corrected chi connectivity index (χ0v) is 10.8. The minimum absolute atomic E-state index is 0.0129. The SMILES string of the molecule is CCCC(C)C(=O)NCc1ccc(C(=O)O)s1. The van der Waals surface area contributed by atoms with Crippen LogP contribution in [0.1, 0.15) is 41.2 Å². The van der Waals surface area contributed by atoms with Crippen molar-refractivity contribution in [3.05, 3.63) is 21.9 Å². The van der Waals surface area contributed by atoms with E-state index in [0.29, 0.717) is 11.4 Å². The van der Waals surface area contributed by atoms with Gasteiger partial charge in [0.05, 0.1) is 6.54 Å². The number of carbonyl (C=O) groups is 2. The number of carboxylic acids is 1. The van der Waals surface area contributed by atoms with E-state index in [0.717, 1.165) is 17.7 Å². The molecule has 0 saturated carbocycles. The molecule has 17 heavy (non-hydrogen) atoms. The highest BCUT2D eigenvalue weighted by Gasteiger charge is 2.12. The first-order valence-corrected chi connectivity index (χ1v) is 6.46. The van der Waals surface area contributed by atoms with E-state index in [1.165, 1.54) is 11.3 Å². The van der Waals surface area contributed by atoms with Gasteiger partial charge < -0.3 is 10.4 Å². The highest BCUT2D eigenvalue weighted by Crippen LogP contribution is 2.16. The van der Waals surface area contributed by atoms with Gasteiger partial charge in [-0.2, -0.15) is 0 Å². The van der Waals surface area contributed by atoms with Crippen molar-refractivity contribution in [2.24, 2.45) is 5.92 Å². The average Bonchev–Trinajstić information content (AvgIpc) is 2.75. The third-order valence-corrected chi connectivity index (χ3v) is 3.55. The Kier molecular flexibility index (Phi) is 5.15. The second-order valence-corrected chi connectivity index (χ2v) is 5.15. The van der Waals surface area contributed by atoms with E-state index in [-0.39, 0.29) is 11.8 Å². The molecule has 0 aliphatic rings. The molecular weight excluding hydrogens is 238 g/mol. The number of aromatic carboxylic acids is 1. The number of hydrogen-bond acceptors (Lipinski definition) is 3. The van der Waals surface area contributed by atoms with Crippen LogP contribution in [0.2, 0.25) is 0 Å². The molecule has 1 atom stereocenters. The van der Waals surface area contributed by atoms with Crippen LogP contribution in [0.25, 0.3) is 0 Å². The summed E-state index contributed by atoms with van der Waals surface area (Å²) in [5.41, 5.74) is 0. The summed E-state index contributed by atoms with van der Waals surface area (Å²) in [6.07, 6.45) is 1.85. The molecule has 0 spiro atoms. The first kappa shape index (κ1) is 13.7. The van der Waals surface area contributed by atoms with Gasteiger partial charge in [0.1, 0.15) is 4.88 Å². The first-order valence-electron chi connectivity index (χ1n) is 5.64. The van der Waals surface area contributed by atoms with Crippen molar-refractivity contribution in [2.75, 3.05) is 0 Å². The second kappa shape index (κ2) is 6.39. The van der Waals surface area contributed by atoms with Crippen molar-refractivity contribution < 1.29 is 14.7 Å². The zero-order valence-electron chi connectivity index (χ0n) is 10.0. The molecule has 0 bridgehead atoms. The molecule has 2 N–H and O–H groups in total. The molecule has 0 fully saturated rings. The Balaban J connectivity index is 2.44. The fraction of sp³-hybridized carbons (Fsp3) is 0.500. The minimum Gasteiger partial charge on any atom is -0.477 e. The number of carbonyl (C=O) groups excluding carboxylic acids is 1. The third-order valence-electron chi connectivity index (χ3n) is 2.48. The van der Waals surface area contributed by atoms with E-state index < -0.39 is 5.97 Å². The summed E-state index contributed by atoms with van der Waals surface area (Å²) in [4.78, 5) is 23.5. The standard InChI is InChI=1S/C12H17NO3S/c1-3-4-8(2)11(14)13-7-9-5-6-10(17-9)12(15)16/h5-6,8H,3-4,7H2,1-2H3,(H,13,14)(H,15,16). The summed E-state index contributed by atoms with van der Waals surface area (Å²) >= 11 is 1.19. The number of amides is 1. The van der Waals surface area contributed by atoms with E-state index in [2.05, 4.69) is 5.32 Å². The molecule has 0 aliphatic heterocycles. The molecule has 0 aliphatic carbocycles. The molecule has 0 aromatic carbocycles. The number of hydrogen-bond donors (Lipinski definition) is 2. The van der Waals surface area contributed by atoms with Crippen LogP contribution in [0.4, 0.5) is 0 Å². The maximum absolute atomic E-state index is 11.6. The fourth-order valence-electron chi connectivity index (χ4n) is 1.50. The predicted molar refractivity (Wildman–Crippen MR) is 67.2 cm³/mol. The van der Waals surface area contributed by atoms with Crippen LogP contribution in [-0.4, -0.2) is 17.0 Å². The molecule has 1 unspecified atom stereocenters. The van der Waals surface area contributed by atoms with E-state index in [1.54, 1.807) is 12.1 Å². The molecule has 0 saturated heterocycles. The van der Waals surface area contributed by atoms with E-state index >= 15 is 0 Å². The van der Waals surface area contributed by atoms with Gasteiger partial charge in [0.15, 0.2) is 0 Å². The summed E-state index contributed by atoms with van der Waals surface area (Å²) in [6.45, 7) is 4.35. The maximum atomic E-state index is 11.6. The van der Waals surface area contributed by atoms with Gasteiger partial charge in [-0.3, -0.25) is 4.79 Å². The van der Waals surface area contributed by atoms with Gasteiger partial charge in [-0.1, -0.05) is 20.3 Å². The predicted octanol–water partition coefficient (Wildman–Crippen LogP) is 2.50. The summed E-state index contributed by atoms with van der Waals surface area (Å²) in [7, 11) is 0. The lowest BCUT2D eigenvalue weighted by molar-refractivity contribution is -0.124. The van der Waals surface area contributed by atoms with E-state index in [1.807, 2.05) is 13.8 Å². The van der Waals surface area contributed by atoms with Crippen LogP contribution in [0.15, 0.2) is 12.1 Å². The maximum Gasteiger partial charge on any atom is 0.345 e. The Morgan fingerprint density at radius 2 is 2.18 bits per heavy atom. The molecule has 1 rings (SSSR count). The number of thiophene rings is 1. The fourth-order valence-corrected chi connectivity index (χ4v) is 2.29. The molecule has 1 aromatic heterocycles. The Morgan fingerprint density at radius 1 is 1.47 bits per heavy atom. The largest absolute Gasteiger partial charge is 0.477 e. The number of nitrogens with one attached hydrogen (secondary N) is 1. The Hall–Kier alpha value is -1.36. The lowest BCUT2D eigenvalue weighted by atomic mass is 10.1. The number of carboxylic acid groups (broad SMARTS) is 1.